The molecule has 29 heavy (non-hydrogen) atoms. The number of fused-ring (bicyclic) bond motifs is 1. The summed E-state index contributed by atoms with van der Waals surface area (Å²) in [6, 6.07) is 13.9. The van der Waals surface area contributed by atoms with E-state index in [-0.39, 0.29) is 0 Å². The van der Waals surface area contributed by atoms with E-state index in [1.54, 1.807) is 0 Å². The van der Waals surface area contributed by atoms with Gasteiger partial charge >= 0.3 is 0 Å². The van der Waals surface area contributed by atoms with Crippen molar-refractivity contribution in [3.63, 3.8) is 0 Å². The Morgan fingerprint density at radius 1 is 1.00 bits per heavy atom. The first-order valence-corrected chi connectivity index (χ1v) is 11.1. The average Bonchev–Trinajstić information content (AvgIpc) is 3.12. The molecule has 154 valence electrons. The summed E-state index contributed by atoms with van der Waals surface area (Å²) in [6.45, 7) is 8.73. The van der Waals surface area contributed by atoms with Crippen molar-refractivity contribution in [2.24, 2.45) is 5.92 Å². The van der Waals surface area contributed by atoms with E-state index in [4.69, 9.17) is 27.6 Å². The molecule has 0 amide bonds. The van der Waals surface area contributed by atoms with Gasteiger partial charge in [0.15, 0.2) is 11.5 Å². The number of aromatic nitrogens is 1. The van der Waals surface area contributed by atoms with Crippen molar-refractivity contribution in [2.45, 2.75) is 26.3 Å². The molecule has 0 aliphatic carbocycles. The number of nitrogens with zero attached hydrogens (tertiary/aromatic N) is 3. The molecule has 0 spiro atoms. The van der Waals surface area contributed by atoms with Gasteiger partial charge in [0.05, 0.1) is 10.0 Å². The fourth-order valence-corrected chi connectivity index (χ4v) is 4.20. The van der Waals surface area contributed by atoms with Gasteiger partial charge in [-0.15, -0.1) is 0 Å². The lowest BCUT2D eigenvalue weighted by Crippen LogP contribution is -2.46. The summed E-state index contributed by atoms with van der Waals surface area (Å²) in [5.74, 6) is 1.41. The van der Waals surface area contributed by atoms with Crippen LogP contribution in [0.15, 0.2) is 46.9 Å². The predicted octanol–water partition coefficient (Wildman–Crippen LogP) is 5.52. The van der Waals surface area contributed by atoms with Crippen molar-refractivity contribution in [1.29, 1.82) is 0 Å². The number of halogens is 2. The van der Waals surface area contributed by atoms with Crippen LogP contribution in [0.2, 0.25) is 10.0 Å². The molecule has 1 atom stereocenters. The van der Waals surface area contributed by atoms with E-state index in [2.05, 4.69) is 27.8 Å². The summed E-state index contributed by atoms with van der Waals surface area (Å²) in [7, 11) is 0. The third kappa shape index (κ3) is 5.52. The van der Waals surface area contributed by atoms with Crippen molar-refractivity contribution in [3.8, 4) is 0 Å². The van der Waals surface area contributed by atoms with Gasteiger partial charge in [-0.1, -0.05) is 48.3 Å². The minimum atomic E-state index is 0.553. The maximum absolute atomic E-state index is 6.14. The topological polar surface area (TPSA) is 32.5 Å². The summed E-state index contributed by atoms with van der Waals surface area (Å²) < 4.78 is 5.87. The van der Waals surface area contributed by atoms with E-state index in [0.29, 0.717) is 16.0 Å². The second-order valence-electron chi connectivity index (χ2n) is 8.04. The first-order valence-electron chi connectivity index (χ1n) is 10.3. The molecule has 1 fully saturated rings. The fraction of sp³-hybridized carbons (Fsp3) is 0.435. The van der Waals surface area contributed by atoms with Gasteiger partial charge in [-0.3, -0.25) is 4.90 Å². The van der Waals surface area contributed by atoms with Crippen molar-refractivity contribution in [2.75, 3.05) is 32.7 Å². The minimum Gasteiger partial charge on any atom is -0.441 e. The molecule has 4 nitrogen and oxygen atoms in total. The molecule has 0 radical (unpaired) electrons. The first kappa shape index (κ1) is 20.7. The van der Waals surface area contributed by atoms with Crippen LogP contribution in [0.5, 0.6) is 0 Å². The molecule has 0 bridgehead atoms. The van der Waals surface area contributed by atoms with Crippen LogP contribution in [-0.2, 0) is 13.0 Å². The first-order chi connectivity index (χ1) is 14.1. The van der Waals surface area contributed by atoms with Gasteiger partial charge in [-0.25, -0.2) is 4.98 Å². The number of hydrogen-bond donors (Lipinski definition) is 0. The number of benzene rings is 2. The van der Waals surface area contributed by atoms with Gasteiger partial charge in [0.25, 0.3) is 0 Å². The van der Waals surface area contributed by atoms with Crippen LogP contribution in [0.3, 0.4) is 0 Å². The Bertz CT molecular complexity index is 917. The Kier molecular flexibility index (Phi) is 6.76. The van der Waals surface area contributed by atoms with Crippen molar-refractivity contribution in [3.05, 3.63) is 64.0 Å². The Morgan fingerprint density at radius 2 is 1.76 bits per heavy atom. The summed E-state index contributed by atoms with van der Waals surface area (Å²) >= 11 is 12.1. The lowest BCUT2D eigenvalue weighted by molar-refractivity contribution is 0.122. The predicted molar refractivity (Wildman–Crippen MR) is 120 cm³/mol. The highest BCUT2D eigenvalue weighted by Gasteiger charge is 2.18. The molecular formula is C23H27Cl2N3O. The van der Waals surface area contributed by atoms with E-state index in [1.807, 2.05) is 36.4 Å². The molecule has 2 heterocycles. The van der Waals surface area contributed by atoms with Gasteiger partial charge in [0, 0.05) is 39.1 Å². The third-order valence-corrected chi connectivity index (χ3v) is 6.39. The highest BCUT2D eigenvalue weighted by Crippen LogP contribution is 2.24. The van der Waals surface area contributed by atoms with Gasteiger partial charge in [-0.05, 0) is 48.7 Å². The highest BCUT2D eigenvalue weighted by atomic mass is 35.5. The second-order valence-corrected chi connectivity index (χ2v) is 8.85. The van der Waals surface area contributed by atoms with Crippen LogP contribution < -0.4 is 0 Å². The molecule has 1 aliphatic rings. The van der Waals surface area contributed by atoms with Crippen LogP contribution in [0.1, 0.15) is 24.8 Å². The summed E-state index contributed by atoms with van der Waals surface area (Å²) in [5, 5.41) is 1.25. The largest absolute Gasteiger partial charge is 0.441 e. The summed E-state index contributed by atoms with van der Waals surface area (Å²) in [4.78, 5) is 9.65. The highest BCUT2D eigenvalue weighted by molar-refractivity contribution is 6.42. The summed E-state index contributed by atoms with van der Waals surface area (Å²) in [5.41, 5.74) is 3.06. The zero-order valence-electron chi connectivity index (χ0n) is 16.8. The van der Waals surface area contributed by atoms with Gasteiger partial charge in [0.2, 0.25) is 0 Å². The van der Waals surface area contributed by atoms with E-state index < -0.39 is 0 Å². The standard InChI is InChI=1S/C23H27Cl2N3O/c1-17(14-23-26-21-4-2-3-5-22(21)29-23)8-9-27-10-12-28(13-11-27)16-18-6-7-19(24)20(25)15-18/h2-7,15,17H,8-14,16H2,1H3. The van der Waals surface area contributed by atoms with Crippen molar-refractivity contribution < 1.29 is 4.42 Å². The SMILES string of the molecule is CC(CCN1CCN(Cc2ccc(Cl)c(Cl)c2)CC1)Cc1nc2ccccc2o1. The lowest BCUT2D eigenvalue weighted by Gasteiger charge is -2.35. The number of para-hydroxylation sites is 2. The molecule has 3 aromatic rings. The number of piperazine rings is 1. The van der Waals surface area contributed by atoms with Gasteiger partial charge in [0.1, 0.15) is 5.52 Å². The minimum absolute atomic E-state index is 0.553. The van der Waals surface area contributed by atoms with E-state index >= 15 is 0 Å². The molecule has 0 N–H and O–H groups in total. The van der Waals surface area contributed by atoms with Gasteiger partial charge < -0.3 is 9.32 Å². The normalized spacial score (nSPS) is 17.1. The average molecular weight is 432 g/mol. The quantitative estimate of drug-likeness (QED) is 0.492. The fourth-order valence-electron chi connectivity index (χ4n) is 3.88. The Morgan fingerprint density at radius 3 is 2.52 bits per heavy atom. The zero-order chi connectivity index (χ0) is 20.2. The molecule has 1 saturated heterocycles. The van der Waals surface area contributed by atoms with Crippen molar-refractivity contribution in [1.82, 2.24) is 14.8 Å². The van der Waals surface area contributed by atoms with E-state index in [9.17, 15) is 0 Å². The van der Waals surface area contributed by atoms with Gasteiger partial charge in [-0.2, -0.15) is 0 Å². The Labute approximate surface area is 182 Å². The summed E-state index contributed by atoms with van der Waals surface area (Å²) in [6.07, 6.45) is 2.05. The van der Waals surface area contributed by atoms with Crippen LogP contribution >= 0.6 is 23.2 Å². The van der Waals surface area contributed by atoms with Crippen molar-refractivity contribution >= 4 is 34.3 Å². The maximum atomic E-state index is 6.14. The Hall–Kier alpha value is -1.59. The third-order valence-electron chi connectivity index (χ3n) is 5.65. The molecule has 0 saturated carbocycles. The van der Waals surface area contributed by atoms with E-state index in [0.717, 1.165) is 69.1 Å². The zero-order valence-corrected chi connectivity index (χ0v) is 18.3. The van der Waals surface area contributed by atoms with Crippen LogP contribution in [0.4, 0.5) is 0 Å². The molecule has 1 unspecified atom stereocenters. The van der Waals surface area contributed by atoms with Crippen LogP contribution in [-0.4, -0.2) is 47.5 Å². The molecule has 4 rings (SSSR count). The second kappa shape index (κ2) is 9.48. The van der Waals surface area contributed by atoms with Crippen LogP contribution in [0, 0.1) is 5.92 Å². The molecule has 1 aromatic heterocycles. The van der Waals surface area contributed by atoms with E-state index in [1.165, 1.54) is 5.56 Å². The van der Waals surface area contributed by atoms with Crippen LogP contribution in [0.25, 0.3) is 11.1 Å². The smallest absolute Gasteiger partial charge is 0.195 e. The maximum Gasteiger partial charge on any atom is 0.195 e. The lowest BCUT2D eigenvalue weighted by atomic mass is 10.0. The number of hydrogen-bond acceptors (Lipinski definition) is 4. The monoisotopic (exact) mass is 431 g/mol. The Balaban J connectivity index is 1.19. The molecule has 6 heteroatoms. The molecular weight excluding hydrogens is 405 g/mol. The number of oxazole rings is 1. The molecule has 1 aliphatic heterocycles. The number of rotatable bonds is 7. The molecule has 2 aromatic carbocycles.